The standard InChI is InChI=1S/C19H23ClN2O3/c1-2-24-17-7-9-18(10-8-17)25-14-13-22-19(23)21-12-11-15-3-5-16(20)6-4-15/h3-10H,2,11-14H2,1H3,(H2,21,22,23). The van der Waals surface area contributed by atoms with Gasteiger partial charge in [-0.1, -0.05) is 23.7 Å². The lowest BCUT2D eigenvalue weighted by Gasteiger charge is -2.10. The van der Waals surface area contributed by atoms with Crippen molar-refractivity contribution >= 4 is 17.6 Å². The number of amides is 2. The molecule has 0 fully saturated rings. The monoisotopic (exact) mass is 362 g/mol. The van der Waals surface area contributed by atoms with E-state index in [1.807, 2.05) is 55.5 Å². The van der Waals surface area contributed by atoms with Crippen molar-refractivity contribution in [2.24, 2.45) is 0 Å². The van der Waals surface area contributed by atoms with Crippen molar-refractivity contribution in [3.05, 3.63) is 59.1 Å². The van der Waals surface area contributed by atoms with E-state index in [0.29, 0.717) is 31.3 Å². The number of halogens is 1. The molecule has 0 aliphatic carbocycles. The molecule has 2 rings (SSSR count). The molecule has 6 heteroatoms. The number of urea groups is 1. The van der Waals surface area contributed by atoms with Crippen LogP contribution in [0.25, 0.3) is 0 Å². The van der Waals surface area contributed by atoms with Crippen molar-refractivity contribution in [3.8, 4) is 11.5 Å². The average molecular weight is 363 g/mol. The van der Waals surface area contributed by atoms with Crippen LogP contribution in [0.4, 0.5) is 4.79 Å². The van der Waals surface area contributed by atoms with Crippen LogP contribution < -0.4 is 20.1 Å². The Labute approximate surface area is 153 Å². The first-order valence-corrected chi connectivity index (χ1v) is 8.67. The number of hydrogen-bond donors (Lipinski definition) is 2. The zero-order valence-electron chi connectivity index (χ0n) is 14.3. The molecule has 0 radical (unpaired) electrons. The molecule has 2 aromatic rings. The molecule has 0 aliphatic rings. The molecule has 0 unspecified atom stereocenters. The van der Waals surface area contributed by atoms with Gasteiger partial charge >= 0.3 is 6.03 Å². The van der Waals surface area contributed by atoms with Gasteiger partial charge < -0.3 is 20.1 Å². The second-order valence-electron chi connectivity index (χ2n) is 5.31. The molecule has 2 aromatic carbocycles. The Morgan fingerprint density at radius 3 is 2.16 bits per heavy atom. The van der Waals surface area contributed by atoms with Crippen LogP contribution in [0.2, 0.25) is 5.02 Å². The maximum absolute atomic E-state index is 11.7. The van der Waals surface area contributed by atoms with Crippen molar-refractivity contribution in [3.63, 3.8) is 0 Å². The highest BCUT2D eigenvalue weighted by molar-refractivity contribution is 6.30. The van der Waals surface area contributed by atoms with Crippen LogP contribution in [-0.4, -0.2) is 32.3 Å². The minimum Gasteiger partial charge on any atom is -0.494 e. The third kappa shape index (κ3) is 7.35. The minimum absolute atomic E-state index is 0.204. The third-order valence-corrected chi connectivity index (χ3v) is 3.66. The first-order chi connectivity index (χ1) is 12.2. The SMILES string of the molecule is CCOc1ccc(OCCNC(=O)NCCc2ccc(Cl)cc2)cc1. The molecule has 0 aliphatic heterocycles. The smallest absolute Gasteiger partial charge is 0.314 e. The Bertz CT molecular complexity index is 645. The van der Waals surface area contributed by atoms with Gasteiger partial charge in [0.2, 0.25) is 0 Å². The fourth-order valence-corrected chi connectivity index (χ4v) is 2.29. The molecule has 2 amide bonds. The number of carbonyl (C=O) groups is 1. The van der Waals surface area contributed by atoms with Crippen LogP contribution >= 0.6 is 11.6 Å². The fraction of sp³-hybridized carbons (Fsp3) is 0.316. The van der Waals surface area contributed by atoms with Gasteiger partial charge in [-0.3, -0.25) is 0 Å². The van der Waals surface area contributed by atoms with Gasteiger partial charge in [0.05, 0.1) is 13.2 Å². The molecule has 5 nitrogen and oxygen atoms in total. The second-order valence-corrected chi connectivity index (χ2v) is 5.75. The lowest BCUT2D eigenvalue weighted by molar-refractivity contribution is 0.236. The number of nitrogens with one attached hydrogen (secondary N) is 2. The van der Waals surface area contributed by atoms with Crippen LogP contribution in [0, 0.1) is 0 Å². The normalized spacial score (nSPS) is 10.2. The van der Waals surface area contributed by atoms with Gasteiger partial charge in [-0.25, -0.2) is 4.79 Å². The molecule has 0 heterocycles. The van der Waals surface area contributed by atoms with E-state index in [4.69, 9.17) is 21.1 Å². The average Bonchev–Trinajstić information content (AvgIpc) is 2.62. The Kier molecular flexibility index (Phi) is 7.92. The second kappa shape index (κ2) is 10.5. The summed E-state index contributed by atoms with van der Waals surface area (Å²) in [5.74, 6) is 1.56. The van der Waals surface area contributed by atoms with E-state index in [0.717, 1.165) is 23.5 Å². The van der Waals surface area contributed by atoms with Gasteiger partial charge in [-0.2, -0.15) is 0 Å². The number of ether oxygens (including phenoxy) is 2. The third-order valence-electron chi connectivity index (χ3n) is 3.40. The molecular weight excluding hydrogens is 340 g/mol. The predicted molar refractivity (Wildman–Crippen MR) is 99.7 cm³/mol. The summed E-state index contributed by atoms with van der Waals surface area (Å²) < 4.78 is 10.9. The number of hydrogen-bond acceptors (Lipinski definition) is 3. The van der Waals surface area contributed by atoms with Crippen LogP contribution in [0.5, 0.6) is 11.5 Å². The number of carbonyl (C=O) groups excluding carboxylic acids is 1. The summed E-state index contributed by atoms with van der Waals surface area (Å²) in [5, 5.41) is 6.28. The summed E-state index contributed by atoms with van der Waals surface area (Å²) in [6, 6.07) is 14.8. The summed E-state index contributed by atoms with van der Waals surface area (Å²) >= 11 is 5.84. The maximum atomic E-state index is 11.7. The largest absolute Gasteiger partial charge is 0.494 e. The molecule has 0 aromatic heterocycles. The molecule has 2 N–H and O–H groups in total. The highest BCUT2D eigenvalue weighted by Gasteiger charge is 2.01. The van der Waals surface area contributed by atoms with Crippen molar-refractivity contribution in [2.45, 2.75) is 13.3 Å². The van der Waals surface area contributed by atoms with E-state index in [2.05, 4.69) is 10.6 Å². The fourth-order valence-electron chi connectivity index (χ4n) is 2.17. The first-order valence-electron chi connectivity index (χ1n) is 8.29. The van der Waals surface area contributed by atoms with Crippen molar-refractivity contribution < 1.29 is 14.3 Å². The molecule has 25 heavy (non-hydrogen) atoms. The topological polar surface area (TPSA) is 59.6 Å². The summed E-state index contributed by atoms with van der Waals surface area (Å²) in [7, 11) is 0. The summed E-state index contributed by atoms with van der Waals surface area (Å²) in [5.41, 5.74) is 1.13. The van der Waals surface area contributed by atoms with Crippen molar-refractivity contribution in [1.82, 2.24) is 10.6 Å². The minimum atomic E-state index is -0.204. The van der Waals surface area contributed by atoms with Crippen molar-refractivity contribution in [1.29, 1.82) is 0 Å². The highest BCUT2D eigenvalue weighted by Crippen LogP contribution is 2.17. The van der Waals surface area contributed by atoms with Crippen molar-refractivity contribution in [2.75, 3.05) is 26.3 Å². The Morgan fingerprint density at radius 1 is 0.920 bits per heavy atom. The first kappa shape index (κ1) is 18.9. The number of rotatable bonds is 9. The lowest BCUT2D eigenvalue weighted by atomic mass is 10.1. The molecule has 0 saturated heterocycles. The Balaban J connectivity index is 1.56. The van der Waals surface area contributed by atoms with Crippen LogP contribution in [0.1, 0.15) is 12.5 Å². The van der Waals surface area contributed by atoms with Gasteiger partial charge in [0.15, 0.2) is 0 Å². The van der Waals surface area contributed by atoms with E-state index < -0.39 is 0 Å². The molecule has 0 saturated carbocycles. The van der Waals surface area contributed by atoms with Crippen LogP contribution in [0.15, 0.2) is 48.5 Å². The Morgan fingerprint density at radius 2 is 1.52 bits per heavy atom. The van der Waals surface area contributed by atoms with Gasteiger partial charge in [0.25, 0.3) is 0 Å². The van der Waals surface area contributed by atoms with Gasteiger partial charge in [0, 0.05) is 11.6 Å². The van der Waals surface area contributed by atoms with E-state index in [-0.39, 0.29) is 6.03 Å². The molecule has 0 bridgehead atoms. The summed E-state index contributed by atoms with van der Waals surface area (Å²) in [6.45, 7) is 3.97. The quantitative estimate of drug-likeness (QED) is 0.669. The van der Waals surface area contributed by atoms with Gasteiger partial charge in [-0.05, 0) is 55.3 Å². The summed E-state index contributed by atoms with van der Waals surface area (Å²) in [4.78, 5) is 11.7. The molecule has 0 atom stereocenters. The summed E-state index contributed by atoms with van der Waals surface area (Å²) in [6.07, 6.45) is 0.757. The zero-order valence-corrected chi connectivity index (χ0v) is 15.0. The molecular formula is C19H23ClN2O3. The Hall–Kier alpha value is -2.40. The van der Waals surface area contributed by atoms with Crippen LogP contribution in [0.3, 0.4) is 0 Å². The molecule has 0 spiro atoms. The van der Waals surface area contributed by atoms with Crippen LogP contribution in [-0.2, 0) is 6.42 Å². The van der Waals surface area contributed by atoms with E-state index in [1.165, 1.54) is 0 Å². The lowest BCUT2D eigenvalue weighted by Crippen LogP contribution is -2.38. The zero-order chi connectivity index (χ0) is 17.9. The number of benzene rings is 2. The molecule has 134 valence electrons. The van der Waals surface area contributed by atoms with Gasteiger partial charge in [-0.15, -0.1) is 0 Å². The maximum Gasteiger partial charge on any atom is 0.314 e. The highest BCUT2D eigenvalue weighted by atomic mass is 35.5. The van der Waals surface area contributed by atoms with E-state index in [9.17, 15) is 4.79 Å². The van der Waals surface area contributed by atoms with E-state index in [1.54, 1.807) is 0 Å². The van der Waals surface area contributed by atoms with Gasteiger partial charge in [0.1, 0.15) is 18.1 Å². The van der Waals surface area contributed by atoms with E-state index >= 15 is 0 Å². The predicted octanol–water partition coefficient (Wildman–Crippen LogP) is 3.66.